The van der Waals surface area contributed by atoms with E-state index >= 15 is 0 Å². The molecule has 0 spiro atoms. The van der Waals surface area contributed by atoms with Crippen LogP contribution in [0.3, 0.4) is 0 Å². The summed E-state index contributed by atoms with van der Waals surface area (Å²) in [4.78, 5) is 14.1. The smallest absolute Gasteiger partial charge is 0.260 e. The van der Waals surface area contributed by atoms with Gasteiger partial charge in [-0.2, -0.15) is 5.26 Å². The first kappa shape index (κ1) is 15.2. The zero-order valence-electron chi connectivity index (χ0n) is 12.5. The normalized spacial score (nSPS) is 18.0. The van der Waals surface area contributed by atoms with Gasteiger partial charge in [-0.3, -0.25) is 4.79 Å². The number of amides is 1. The monoisotopic (exact) mass is 288 g/mol. The van der Waals surface area contributed by atoms with Gasteiger partial charge in [0.2, 0.25) is 0 Å². The molecule has 1 aliphatic heterocycles. The molecule has 1 fully saturated rings. The minimum Gasteiger partial charge on any atom is -0.493 e. The topological polar surface area (TPSA) is 62.6 Å². The van der Waals surface area contributed by atoms with E-state index in [4.69, 9.17) is 14.7 Å². The maximum atomic E-state index is 12.2. The first-order valence-corrected chi connectivity index (χ1v) is 7.16. The minimum absolute atomic E-state index is 0.00591. The van der Waals surface area contributed by atoms with Crippen LogP contribution in [0.2, 0.25) is 0 Å². The third-order valence-corrected chi connectivity index (χ3v) is 3.77. The molecule has 1 aromatic rings. The van der Waals surface area contributed by atoms with E-state index in [1.165, 1.54) is 13.5 Å². The number of benzene rings is 1. The van der Waals surface area contributed by atoms with Gasteiger partial charge < -0.3 is 14.4 Å². The van der Waals surface area contributed by atoms with Gasteiger partial charge in [0, 0.05) is 18.7 Å². The fourth-order valence-corrected chi connectivity index (χ4v) is 2.55. The Morgan fingerprint density at radius 3 is 2.90 bits per heavy atom. The molecule has 1 heterocycles. The van der Waals surface area contributed by atoms with E-state index in [2.05, 4.69) is 6.92 Å². The van der Waals surface area contributed by atoms with Crippen molar-refractivity contribution in [3.8, 4) is 17.6 Å². The van der Waals surface area contributed by atoms with Gasteiger partial charge in [0.25, 0.3) is 5.91 Å². The van der Waals surface area contributed by atoms with Crippen LogP contribution >= 0.6 is 0 Å². The van der Waals surface area contributed by atoms with Crippen molar-refractivity contribution < 1.29 is 14.3 Å². The molecule has 1 saturated heterocycles. The third-order valence-electron chi connectivity index (χ3n) is 3.77. The largest absolute Gasteiger partial charge is 0.493 e. The van der Waals surface area contributed by atoms with E-state index < -0.39 is 0 Å². The van der Waals surface area contributed by atoms with E-state index in [9.17, 15) is 4.79 Å². The second-order valence-corrected chi connectivity index (χ2v) is 5.20. The van der Waals surface area contributed by atoms with Crippen molar-refractivity contribution in [1.29, 1.82) is 5.26 Å². The van der Waals surface area contributed by atoms with Crippen molar-refractivity contribution in [2.45, 2.75) is 32.2 Å². The van der Waals surface area contributed by atoms with Crippen molar-refractivity contribution in [2.24, 2.45) is 0 Å². The standard InChI is InChI=1S/C16H20N2O3/c1-12-5-3-4-8-18(12)16(19)11-21-14-7-6-13(10-17)9-15(14)20-2/h6-7,9,12H,3-5,8,11H2,1-2H3/t12-/m0/s1. The Morgan fingerprint density at radius 2 is 2.24 bits per heavy atom. The van der Waals surface area contributed by atoms with Gasteiger partial charge >= 0.3 is 0 Å². The summed E-state index contributed by atoms with van der Waals surface area (Å²) in [6.45, 7) is 2.86. The lowest BCUT2D eigenvalue weighted by atomic mass is 10.0. The van der Waals surface area contributed by atoms with Crippen LogP contribution in [0.4, 0.5) is 0 Å². The molecule has 2 rings (SSSR count). The molecule has 1 amide bonds. The zero-order valence-corrected chi connectivity index (χ0v) is 12.5. The van der Waals surface area contributed by atoms with Crippen molar-refractivity contribution >= 4 is 5.91 Å². The van der Waals surface area contributed by atoms with Crippen LogP contribution in [-0.4, -0.2) is 37.1 Å². The Hall–Kier alpha value is -2.22. The lowest BCUT2D eigenvalue weighted by Gasteiger charge is -2.33. The predicted molar refractivity (Wildman–Crippen MR) is 78.2 cm³/mol. The third kappa shape index (κ3) is 3.66. The van der Waals surface area contributed by atoms with Crippen LogP contribution in [-0.2, 0) is 4.79 Å². The van der Waals surface area contributed by atoms with Gasteiger partial charge in [-0.15, -0.1) is 0 Å². The molecule has 0 radical (unpaired) electrons. The van der Waals surface area contributed by atoms with Crippen LogP contribution in [0.1, 0.15) is 31.7 Å². The number of likely N-dealkylation sites (tertiary alicyclic amines) is 1. The van der Waals surface area contributed by atoms with Crippen LogP contribution < -0.4 is 9.47 Å². The fraction of sp³-hybridized carbons (Fsp3) is 0.500. The molecular weight excluding hydrogens is 268 g/mol. The number of piperidine rings is 1. The van der Waals surface area contributed by atoms with E-state index in [1.54, 1.807) is 18.2 Å². The molecule has 0 aliphatic carbocycles. The first-order chi connectivity index (χ1) is 10.2. The molecule has 5 heteroatoms. The van der Waals surface area contributed by atoms with Crippen molar-refractivity contribution in [2.75, 3.05) is 20.3 Å². The maximum Gasteiger partial charge on any atom is 0.260 e. The fourth-order valence-electron chi connectivity index (χ4n) is 2.55. The number of hydrogen-bond donors (Lipinski definition) is 0. The number of carbonyl (C=O) groups is 1. The summed E-state index contributed by atoms with van der Waals surface area (Å²) in [5.41, 5.74) is 0.496. The highest BCUT2D eigenvalue weighted by Gasteiger charge is 2.23. The Labute approximate surface area is 125 Å². The Kier molecular flexibility index (Phi) is 5.04. The molecule has 0 saturated carbocycles. The predicted octanol–water partition coefficient (Wildman–Crippen LogP) is 2.35. The highest BCUT2D eigenvalue weighted by atomic mass is 16.5. The number of nitriles is 1. The Morgan fingerprint density at radius 1 is 1.43 bits per heavy atom. The Bertz CT molecular complexity index is 551. The van der Waals surface area contributed by atoms with Crippen LogP contribution in [0.5, 0.6) is 11.5 Å². The average molecular weight is 288 g/mol. The molecular formula is C16H20N2O3. The lowest BCUT2D eigenvalue weighted by Crippen LogP contribution is -2.44. The number of ether oxygens (including phenoxy) is 2. The summed E-state index contributed by atoms with van der Waals surface area (Å²) < 4.78 is 10.8. The molecule has 1 atom stereocenters. The number of hydrogen-bond acceptors (Lipinski definition) is 4. The summed E-state index contributed by atoms with van der Waals surface area (Å²) in [5.74, 6) is 0.941. The highest BCUT2D eigenvalue weighted by Crippen LogP contribution is 2.28. The molecule has 1 aromatic carbocycles. The summed E-state index contributed by atoms with van der Waals surface area (Å²) in [5, 5.41) is 8.86. The second kappa shape index (κ2) is 6.98. The van der Waals surface area contributed by atoms with Gasteiger partial charge in [0.1, 0.15) is 0 Å². The molecule has 0 N–H and O–H groups in total. The van der Waals surface area contributed by atoms with Gasteiger partial charge in [-0.1, -0.05) is 0 Å². The molecule has 0 bridgehead atoms. The molecule has 5 nitrogen and oxygen atoms in total. The SMILES string of the molecule is COc1cc(C#N)ccc1OCC(=O)N1CCCC[C@@H]1C. The van der Waals surface area contributed by atoms with E-state index in [-0.39, 0.29) is 18.6 Å². The highest BCUT2D eigenvalue weighted by molar-refractivity contribution is 5.78. The van der Waals surface area contributed by atoms with Crippen molar-refractivity contribution in [3.63, 3.8) is 0 Å². The summed E-state index contributed by atoms with van der Waals surface area (Å²) in [6, 6.07) is 7.22. The summed E-state index contributed by atoms with van der Waals surface area (Å²) in [7, 11) is 1.51. The van der Waals surface area contributed by atoms with Gasteiger partial charge in [0.15, 0.2) is 18.1 Å². The average Bonchev–Trinajstić information content (AvgIpc) is 2.52. The molecule has 112 valence electrons. The molecule has 1 aliphatic rings. The number of carbonyl (C=O) groups excluding carboxylic acids is 1. The molecule has 0 aromatic heterocycles. The van der Waals surface area contributed by atoms with E-state index in [1.807, 2.05) is 11.0 Å². The van der Waals surface area contributed by atoms with Crippen LogP contribution in [0.25, 0.3) is 0 Å². The maximum absolute atomic E-state index is 12.2. The van der Waals surface area contributed by atoms with Gasteiger partial charge in [-0.25, -0.2) is 0 Å². The first-order valence-electron chi connectivity index (χ1n) is 7.16. The Balaban J connectivity index is 1.99. The van der Waals surface area contributed by atoms with Crippen LogP contribution in [0.15, 0.2) is 18.2 Å². The van der Waals surface area contributed by atoms with Gasteiger partial charge in [-0.05, 0) is 38.3 Å². The lowest BCUT2D eigenvalue weighted by molar-refractivity contribution is -0.136. The number of nitrogens with zero attached hydrogens (tertiary/aromatic N) is 2. The second-order valence-electron chi connectivity index (χ2n) is 5.20. The van der Waals surface area contributed by atoms with Crippen molar-refractivity contribution in [1.82, 2.24) is 4.90 Å². The summed E-state index contributed by atoms with van der Waals surface area (Å²) in [6.07, 6.45) is 3.28. The zero-order chi connectivity index (χ0) is 15.2. The summed E-state index contributed by atoms with van der Waals surface area (Å²) >= 11 is 0. The van der Waals surface area contributed by atoms with Crippen LogP contribution in [0, 0.1) is 11.3 Å². The molecule has 21 heavy (non-hydrogen) atoms. The number of methoxy groups -OCH3 is 1. The van der Waals surface area contributed by atoms with E-state index in [0.717, 1.165) is 19.4 Å². The molecule has 0 unspecified atom stereocenters. The van der Waals surface area contributed by atoms with Crippen molar-refractivity contribution in [3.05, 3.63) is 23.8 Å². The van der Waals surface area contributed by atoms with Gasteiger partial charge in [0.05, 0.1) is 18.7 Å². The number of rotatable bonds is 4. The van der Waals surface area contributed by atoms with E-state index in [0.29, 0.717) is 17.1 Å². The quantitative estimate of drug-likeness (QED) is 0.853. The minimum atomic E-state index is -0.00734.